The van der Waals surface area contributed by atoms with Crippen LogP contribution < -0.4 is 11.2 Å². The summed E-state index contributed by atoms with van der Waals surface area (Å²) in [5.41, 5.74) is 0. The van der Waals surface area contributed by atoms with E-state index in [0.29, 0.717) is 13.2 Å². The fourth-order valence-corrected chi connectivity index (χ4v) is 1.84. The molecule has 0 aromatic heterocycles. The Morgan fingerprint density at radius 1 is 1.64 bits per heavy atom. The van der Waals surface area contributed by atoms with E-state index in [1.807, 2.05) is 0 Å². The molecule has 1 heterocycles. The van der Waals surface area contributed by atoms with E-state index >= 15 is 0 Å². The molecule has 1 rings (SSSR count). The summed E-state index contributed by atoms with van der Waals surface area (Å²) in [7, 11) is 1.60. The normalized spacial score (nSPS) is 21.8. The van der Waals surface area contributed by atoms with Gasteiger partial charge in [-0.25, -0.2) is 5.01 Å². The van der Waals surface area contributed by atoms with Gasteiger partial charge in [-0.15, -0.1) is 0 Å². The molecule has 0 bridgehead atoms. The smallest absolute Gasteiger partial charge is 0.287 e. The molecule has 14 heavy (non-hydrogen) atoms. The highest BCUT2D eigenvalue weighted by atomic mass is 32.2. The second kappa shape index (κ2) is 5.30. The van der Waals surface area contributed by atoms with Crippen molar-refractivity contribution in [2.24, 2.45) is 5.84 Å². The molecule has 80 valence electrons. The van der Waals surface area contributed by atoms with Crippen molar-refractivity contribution in [3.05, 3.63) is 0 Å². The van der Waals surface area contributed by atoms with Gasteiger partial charge >= 0.3 is 0 Å². The van der Waals surface area contributed by atoms with E-state index in [0.717, 1.165) is 18.2 Å². The Labute approximate surface area is 86.1 Å². The van der Waals surface area contributed by atoms with Crippen molar-refractivity contribution in [3.63, 3.8) is 0 Å². The molecule has 1 unspecified atom stereocenters. The lowest BCUT2D eigenvalue weighted by molar-refractivity contribution is -0.121. The topological polar surface area (TPSA) is 84.7 Å². The van der Waals surface area contributed by atoms with Crippen LogP contribution in [0.3, 0.4) is 0 Å². The molecule has 0 radical (unpaired) electrons. The number of rotatable bonds is 5. The van der Waals surface area contributed by atoms with Crippen LogP contribution >= 0.6 is 11.8 Å². The number of hydrogen-bond acceptors (Lipinski definition) is 6. The second-order valence-electron chi connectivity index (χ2n) is 2.83. The number of ether oxygens (including phenoxy) is 1. The highest BCUT2D eigenvalue weighted by Crippen LogP contribution is 2.20. The van der Waals surface area contributed by atoms with E-state index in [1.165, 1.54) is 5.01 Å². The number of methoxy groups -OCH3 is 1. The molecule has 1 saturated heterocycles. The lowest BCUT2D eigenvalue weighted by Crippen LogP contribution is -2.44. The van der Waals surface area contributed by atoms with Crippen LogP contribution in [0.15, 0.2) is 0 Å². The molecule has 0 spiro atoms. The van der Waals surface area contributed by atoms with E-state index in [9.17, 15) is 9.59 Å². The average molecular weight is 219 g/mol. The summed E-state index contributed by atoms with van der Waals surface area (Å²) in [5.74, 6) is 5.27. The summed E-state index contributed by atoms with van der Waals surface area (Å²) >= 11 is 0.900. The minimum absolute atomic E-state index is 0.345. The predicted molar refractivity (Wildman–Crippen MR) is 52.3 cm³/mol. The van der Waals surface area contributed by atoms with Gasteiger partial charge in [0.2, 0.25) is 0 Å². The zero-order chi connectivity index (χ0) is 10.6. The summed E-state index contributed by atoms with van der Waals surface area (Å²) < 4.78 is 4.85. The van der Waals surface area contributed by atoms with E-state index in [1.54, 1.807) is 7.11 Å². The zero-order valence-corrected chi connectivity index (χ0v) is 8.67. The van der Waals surface area contributed by atoms with Crippen LogP contribution in [-0.2, 0) is 9.53 Å². The molecule has 6 nitrogen and oxygen atoms in total. The molecular weight excluding hydrogens is 206 g/mol. The van der Waals surface area contributed by atoms with Crippen molar-refractivity contribution in [2.45, 2.75) is 11.8 Å². The Morgan fingerprint density at radius 3 is 2.86 bits per heavy atom. The summed E-state index contributed by atoms with van der Waals surface area (Å²) in [6.45, 7) is 1.10. The molecule has 1 aliphatic heterocycles. The highest BCUT2D eigenvalue weighted by Gasteiger charge is 2.34. The third-order valence-corrected chi connectivity index (χ3v) is 2.76. The van der Waals surface area contributed by atoms with Gasteiger partial charge in [0.25, 0.3) is 11.1 Å². The molecule has 0 aliphatic carbocycles. The lowest BCUT2D eigenvalue weighted by atomic mass is 10.4. The van der Waals surface area contributed by atoms with Crippen molar-refractivity contribution in [3.8, 4) is 0 Å². The minimum atomic E-state index is -0.598. The SMILES string of the molecule is COCCCN(N)C1SC(=O)NC1=O. The maximum absolute atomic E-state index is 11.2. The Bertz CT molecular complexity index is 236. The number of carbonyl (C=O) groups excluding carboxylic acids is 2. The number of imide groups is 1. The molecule has 3 N–H and O–H groups in total. The van der Waals surface area contributed by atoms with Gasteiger partial charge in [-0.05, 0) is 18.2 Å². The Morgan fingerprint density at radius 2 is 2.36 bits per heavy atom. The number of carbonyl (C=O) groups is 2. The maximum Gasteiger partial charge on any atom is 0.287 e. The largest absolute Gasteiger partial charge is 0.385 e. The highest BCUT2D eigenvalue weighted by molar-refractivity contribution is 8.15. The lowest BCUT2D eigenvalue weighted by Gasteiger charge is -2.19. The second-order valence-corrected chi connectivity index (χ2v) is 3.88. The minimum Gasteiger partial charge on any atom is -0.385 e. The van der Waals surface area contributed by atoms with Gasteiger partial charge in [-0.3, -0.25) is 20.7 Å². The Hall–Kier alpha value is -0.630. The predicted octanol–water partition coefficient (Wildman–Crippen LogP) is -0.492. The summed E-state index contributed by atoms with van der Waals surface area (Å²) in [6, 6.07) is 0. The van der Waals surface area contributed by atoms with Crippen molar-refractivity contribution >= 4 is 22.9 Å². The molecule has 0 saturated carbocycles. The van der Waals surface area contributed by atoms with Crippen LogP contribution in [0.1, 0.15) is 6.42 Å². The molecule has 0 aromatic rings. The van der Waals surface area contributed by atoms with Crippen LogP contribution in [0.25, 0.3) is 0 Å². The summed E-state index contributed by atoms with van der Waals surface area (Å²) in [4.78, 5) is 22.0. The quantitative estimate of drug-likeness (QED) is 0.368. The number of amides is 2. The summed E-state index contributed by atoms with van der Waals surface area (Å²) in [5, 5.41) is 2.58. The summed E-state index contributed by atoms with van der Waals surface area (Å²) in [6.07, 6.45) is 0.728. The molecule has 1 fully saturated rings. The van der Waals surface area contributed by atoms with Gasteiger partial charge < -0.3 is 4.74 Å². The van der Waals surface area contributed by atoms with Crippen molar-refractivity contribution in [2.75, 3.05) is 20.3 Å². The first kappa shape index (κ1) is 11.4. The van der Waals surface area contributed by atoms with Crippen LogP contribution in [0.4, 0.5) is 4.79 Å². The van der Waals surface area contributed by atoms with Crippen LogP contribution in [0.2, 0.25) is 0 Å². The Balaban J connectivity index is 2.33. The van der Waals surface area contributed by atoms with Crippen molar-refractivity contribution < 1.29 is 14.3 Å². The van der Waals surface area contributed by atoms with Gasteiger partial charge in [0.05, 0.1) is 0 Å². The fraction of sp³-hybridized carbons (Fsp3) is 0.714. The first-order chi connectivity index (χ1) is 6.65. The van der Waals surface area contributed by atoms with Gasteiger partial charge in [-0.2, -0.15) is 0 Å². The first-order valence-corrected chi connectivity index (χ1v) is 5.05. The van der Waals surface area contributed by atoms with E-state index in [2.05, 4.69) is 5.32 Å². The van der Waals surface area contributed by atoms with E-state index in [4.69, 9.17) is 10.6 Å². The maximum atomic E-state index is 11.2. The third kappa shape index (κ3) is 2.95. The van der Waals surface area contributed by atoms with E-state index < -0.39 is 5.37 Å². The number of hydrogen-bond donors (Lipinski definition) is 2. The standard InChI is InChI=1S/C7H13N3O3S/c1-13-4-2-3-10(8)6-5(11)9-7(12)14-6/h6H,2-4,8H2,1H3,(H,9,11,12). The van der Waals surface area contributed by atoms with Gasteiger partial charge in [0, 0.05) is 20.3 Å². The van der Waals surface area contributed by atoms with Crippen molar-refractivity contribution in [1.29, 1.82) is 0 Å². The number of hydrazine groups is 1. The number of nitrogens with two attached hydrogens (primary N) is 1. The molecule has 7 heteroatoms. The molecule has 2 amide bonds. The molecular formula is C7H13N3O3S. The van der Waals surface area contributed by atoms with E-state index in [-0.39, 0.29) is 11.1 Å². The van der Waals surface area contributed by atoms with Gasteiger partial charge in [-0.1, -0.05) is 0 Å². The van der Waals surface area contributed by atoms with Crippen LogP contribution in [0.5, 0.6) is 0 Å². The first-order valence-electron chi connectivity index (χ1n) is 4.17. The average Bonchev–Trinajstić information content (AvgIpc) is 2.45. The zero-order valence-electron chi connectivity index (χ0n) is 7.86. The molecule has 1 aliphatic rings. The molecule has 1 atom stereocenters. The number of thioether (sulfide) groups is 1. The monoisotopic (exact) mass is 219 g/mol. The van der Waals surface area contributed by atoms with Crippen LogP contribution in [-0.4, -0.2) is 41.8 Å². The Kier molecular flexibility index (Phi) is 4.33. The third-order valence-electron chi connectivity index (χ3n) is 1.73. The van der Waals surface area contributed by atoms with Crippen LogP contribution in [0, 0.1) is 0 Å². The van der Waals surface area contributed by atoms with Gasteiger partial charge in [0.1, 0.15) is 0 Å². The fourth-order valence-electron chi connectivity index (χ4n) is 1.07. The molecule has 0 aromatic carbocycles. The number of nitrogens with one attached hydrogen (secondary N) is 1. The van der Waals surface area contributed by atoms with Gasteiger partial charge in [0.15, 0.2) is 5.37 Å². The van der Waals surface area contributed by atoms with Crippen molar-refractivity contribution in [1.82, 2.24) is 10.3 Å². The number of nitrogens with zero attached hydrogens (tertiary/aromatic N) is 1.